The normalized spacial score (nSPS) is 29.0. The number of aryl methyl sites for hydroxylation is 1. The third-order valence-electron chi connectivity index (χ3n) is 6.69. The van der Waals surface area contributed by atoms with Gasteiger partial charge in [-0.1, -0.05) is 11.6 Å². The molecule has 2 unspecified atom stereocenters. The number of benzene rings is 1. The summed E-state index contributed by atoms with van der Waals surface area (Å²) in [5.41, 5.74) is 1.92. The first-order valence-electron chi connectivity index (χ1n) is 11.4. The molecule has 1 aromatic rings. The average Bonchev–Trinajstić information content (AvgIpc) is 3.33. The molecule has 3 aliphatic rings. The second-order valence-electron chi connectivity index (χ2n) is 9.21. The molecule has 5 atom stereocenters. The van der Waals surface area contributed by atoms with E-state index in [1.807, 2.05) is 13.0 Å². The van der Waals surface area contributed by atoms with Gasteiger partial charge in [-0.15, -0.1) is 0 Å². The van der Waals surface area contributed by atoms with E-state index in [2.05, 4.69) is 15.4 Å². The van der Waals surface area contributed by atoms with Crippen LogP contribution in [0.1, 0.15) is 54.9 Å². The van der Waals surface area contributed by atoms with Gasteiger partial charge >= 0.3 is 5.97 Å². The first kappa shape index (κ1) is 23.7. The van der Waals surface area contributed by atoms with Crippen molar-refractivity contribution in [2.24, 2.45) is 0 Å². The zero-order chi connectivity index (χ0) is 24.6. The highest BCUT2D eigenvalue weighted by Gasteiger charge is 2.45. The number of aromatic hydroxyl groups is 1. The Bertz CT molecular complexity index is 1050. The minimum Gasteiger partial charge on any atom is -0.508 e. The largest absolute Gasteiger partial charge is 0.508 e. The summed E-state index contributed by atoms with van der Waals surface area (Å²) in [7, 11) is 0. The zero-order valence-electron chi connectivity index (χ0n) is 19.1. The van der Waals surface area contributed by atoms with Crippen LogP contribution < -0.4 is 10.6 Å². The molecular formula is C24H29N3O7. The highest BCUT2D eigenvalue weighted by atomic mass is 16.6. The molecule has 34 heavy (non-hydrogen) atoms. The summed E-state index contributed by atoms with van der Waals surface area (Å²) < 4.78 is 4.69. The molecule has 1 aromatic carbocycles. The Balaban J connectivity index is 1.53. The number of hydrogen-bond acceptors (Lipinski definition) is 7. The number of ether oxygens (including phenoxy) is 1. The summed E-state index contributed by atoms with van der Waals surface area (Å²) in [5, 5.41) is 25.0. The molecule has 0 saturated carbocycles. The van der Waals surface area contributed by atoms with Gasteiger partial charge in [0.2, 0.25) is 18.1 Å². The van der Waals surface area contributed by atoms with Crippen LogP contribution in [0.5, 0.6) is 5.75 Å². The number of nitrogens with zero attached hydrogens (tertiary/aromatic N) is 1. The van der Waals surface area contributed by atoms with Gasteiger partial charge in [-0.25, -0.2) is 0 Å². The Morgan fingerprint density at radius 1 is 1.12 bits per heavy atom. The lowest BCUT2D eigenvalue weighted by molar-refractivity contribution is -0.155. The van der Waals surface area contributed by atoms with Crippen LogP contribution in [0, 0.1) is 6.92 Å². The van der Waals surface area contributed by atoms with Crippen molar-refractivity contribution in [3.05, 3.63) is 41.0 Å². The molecule has 2 saturated heterocycles. The SMILES string of the molecule is CC1=CC[C@H](NC(=O)c2ccc(O)c(C)c2)C(=O)N2[C@@H](CC[C@H]2C(=O)NC2CC(=O)OC2O)C1. The minimum absolute atomic E-state index is 0.0744. The van der Waals surface area contributed by atoms with E-state index >= 15 is 0 Å². The van der Waals surface area contributed by atoms with E-state index in [1.165, 1.54) is 12.1 Å². The highest BCUT2D eigenvalue weighted by molar-refractivity contribution is 5.99. The maximum absolute atomic E-state index is 13.6. The fourth-order valence-corrected chi connectivity index (χ4v) is 4.83. The number of phenolic OH excluding ortho intramolecular Hbond substituents is 1. The number of amides is 3. The highest BCUT2D eigenvalue weighted by Crippen LogP contribution is 2.32. The van der Waals surface area contributed by atoms with Gasteiger partial charge in [-0.05, 0) is 63.3 Å². The number of carbonyl (C=O) groups excluding carboxylic acids is 4. The Hall–Kier alpha value is -3.40. The van der Waals surface area contributed by atoms with E-state index in [0.29, 0.717) is 30.4 Å². The Morgan fingerprint density at radius 2 is 1.88 bits per heavy atom. The van der Waals surface area contributed by atoms with E-state index in [-0.39, 0.29) is 30.5 Å². The van der Waals surface area contributed by atoms with Crippen molar-refractivity contribution < 1.29 is 34.1 Å². The molecule has 182 valence electrons. The predicted molar refractivity (Wildman–Crippen MR) is 119 cm³/mol. The van der Waals surface area contributed by atoms with E-state index < -0.39 is 42.2 Å². The molecule has 2 fully saturated rings. The lowest BCUT2D eigenvalue weighted by Gasteiger charge is -2.35. The molecule has 0 aliphatic carbocycles. The van der Waals surface area contributed by atoms with E-state index in [1.54, 1.807) is 17.9 Å². The van der Waals surface area contributed by atoms with Crippen molar-refractivity contribution in [2.75, 3.05) is 0 Å². The van der Waals surface area contributed by atoms with Gasteiger partial charge in [0.1, 0.15) is 23.9 Å². The smallest absolute Gasteiger partial charge is 0.310 e. The van der Waals surface area contributed by atoms with Gasteiger partial charge in [0, 0.05) is 11.6 Å². The maximum Gasteiger partial charge on any atom is 0.310 e. The summed E-state index contributed by atoms with van der Waals surface area (Å²) in [6.07, 6.45) is 2.36. The van der Waals surface area contributed by atoms with Crippen LogP contribution in [0.2, 0.25) is 0 Å². The van der Waals surface area contributed by atoms with Gasteiger partial charge < -0.3 is 30.5 Å². The van der Waals surface area contributed by atoms with Gasteiger partial charge in [-0.3, -0.25) is 19.2 Å². The minimum atomic E-state index is -1.41. The first-order chi connectivity index (χ1) is 16.1. The predicted octanol–water partition coefficient (Wildman–Crippen LogP) is 0.649. The van der Waals surface area contributed by atoms with Gasteiger partial charge in [0.25, 0.3) is 5.91 Å². The van der Waals surface area contributed by atoms with Crippen LogP contribution in [0.3, 0.4) is 0 Å². The van der Waals surface area contributed by atoms with Gasteiger partial charge in [0.15, 0.2) is 0 Å². The third-order valence-corrected chi connectivity index (χ3v) is 6.69. The van der Waals surface area contributed by atoms with Crippen LogP contribution >= 0.6 is 0 Å². The summed E-state index contributed by atoms with van der Waals surface area (Å²) >= 11 is 0. The Labute approximate surface area is 197 Å². The van der Waals surface area contributed by atoms with Crippen LogP contribution in [0.25, 0.3) is 0 Å². The molecule has 0 aromatic heterocycles. The number of aliphatic hydroxyl groups is 1. The average molecular weight is 472 g/mol. The Kier molecular flexibility index (Phi) is 6.60. The second kappa shape index (κ2) is 9.46. The molecule has 3 heterocycles. The van der Waals surface area contributed by atoms with Crippen molar-refractivity contribution in [1.29, 1.82) is 0 Å². The van der Waals surface area contributed by atoms with E-state index in [0.717, 1.165) is 5.57 Å². The van der Waals surface area contributed by atoms with Crippen LogP contribution in [-0.4, -0.2) is 69.3 Å². The fourth-order valence-electron chi connectivity index (χ4n) is 4.83. The number of cyclic esters (lactones) is 1. The van der Waals surface area contributed by atoms with Gasteiger partial charge in [0.05, 0.1) is 6.42 Å². The molecule has 3 amide bonds. The lowest BCUT2D eigenvalue weighted by atomic mass is 9.98. The molecule has 0 spiro atoms. The number of esters is 1. The molecule has 10 nitrogen and oxygen atoms in total. The summed E-state index contributed by atoms with van der Waals surface area (Å²) in [6.45, 7) is 3.64. The van der Waals surface area contributed by atoms with Crippen molar-refractivity contribution >= 4 is 23.7 Å². The molecule has 4 N–H and O–H groups in total. The number of nitrogens with one attached hydrogen (secondary N) is 2. The monoisotopic (exact) mass is 471 g/mol. The lowest BCUT2D eigenvalue weighted by Crippen LogP contribution is -2.57. The van der Waals surface area contributed by atoms with E-state index in [4.69, 9.17) is 0 Å². The van der Waals surface area contributed by atoms with E-state index in [9.17, 15) is 29.4 Å². The molecule has 10 heteroatoms. The summed E-state index contributed by atoms with van der Waals surface area (Å²) in [4.78, 5) is 52.4. The fraction of sp³-hybridized carbons (Fsp3) is 0.500. The number of phenols is 1. The third kappa shape index (κ3) is 4.77. The Morgan fingerprint density at radius 3 is 2.56 bits per heavy atom. The number of fused-ring (bicyclic) bond motifs is 1. The maximum atomic E-state index is 13.6. The van der Waals surface area contributed by atoms with Crippen LogP contribution in [0.15, 0.2) is 29.8 Å². The van der Waals surface area contributed by atoms with Crippen molar-refractivity contribution in [3.63, 3.8) is 0 Å². The molecular weight excluding hydrogens is 442 g/mol. The standard InChI is InChI=1S/C24H29N3O7/c1-12-3-6-16(25-21(30)14-4-8-19(28)13(2)10-14)23(32)27-15(9-12)5-7-18(27)22(31)26-17-11-20(29)34-24(17)33/h3-4,8,10,15-18,24,28,33H,5-7,9,11H2,1-2H3,(H,25,30)(H,26,31)/t15-,16-,17?,18-,24?/m0/s1. The quantitative estimate of drug-likeness (QED) is 0.373. The van der Waals surface area contributed by atoms with Crippen molar-refractivity contribution in [3.8, 4) is 5.75 Å². The summed E-state index contributed by atoms with van der Waals surface area (Å²) in [6, 6.07) is 1.76. The molecule has 0 radical (unpaired) electrons. The van der Waals surface area contributed by atoms with Crippen molar-refractivity contribution in [1.82, 2.24) is 15.5 Å². The summed E-state index contributed by atoms with van der Waals surface area (Å²) in [5.74, 6) is -1.79. The number of rotatable bonds is 4. The van der Waals surface area contributed by atoms with Crippen LogP contribution in [-0.2, 0) is 19.1 Å². The van der Waals surface area contributed by atoms with Crippen LogP contribution in [0.4, 0.5) is 0 Å². The second-order valence-corrected chi connectivity index (χ2v) is 9.21. The number of hydrogen-bond donors (Lipinski definition) is 4. The zero-order valence-corrected chi connectivity index (χ0v) is 19.1. The van der Waals surface area contributed by atoms with Crippen molar-refractivity contribution in [2.45, 2.75) is 76.4 Å². The number of carbonyl (C=O) groups is 4. The van der Waals surface area contributed by atoms with Gasteiger partial charge in [-0.2, -0.15) is 0 Å². The molecule has 4 rings (SSSR count). The molecule has 3 aliphatic heterocycles. The number of aliphatic hydroxyl groups excluding tert-OH is 1. The molecule has 0 bridgehead atoms. The first-order valence-corrected chi connectivity index (χ1v) is 11.4. The topological polar surface area (TPSA) is 145 Å².